The van der Waals surface area contributed by atoms with Gasteiger partial charge in [0, 0.05) is 16.0 Å². The molecule has 0 saturated heterocycles. The molecule has 0 aliphatic rings. The van der Waals surface area contributed by atoms with Crippen LogP contribution in [0.15, 0.2) is 41.3 Å². The van der Waals surface area contributed by atoms with Gasteiger partial charge in [0.2, 0.25) is 0 Å². The Balaban J connectivity index is 2.44. The van der Waals surface area contributed by atoms with Gasteiger partial charge >= 0.3 is 0 Å². The molecule has 3 heteroatoms. The third kappa shape index (κ3) is 2.87. The number of benzene rings is 2. The van der Waals surface area contributed by atoms with E-state index >= 15 is 0 Å². The Morgan fingerprint density at radius 3 is 2.05 bits per heavy atom. The summed E-state index contributed by atoms with van der Waals surface area (Å²) >= 11 is 1.63. The van der Waals surface area contributed by atoms with Gasteiger partial charge in [-0.25, -0.2) is 4.39 Å². The summed E-state index contributed by atoms with van der Waals surface area (Å²) in [4.78, 5) is 13.6. The Morgan fingerprint density at radius 1 is 1.05 bits per heavy atom. The first kappa shape index (κ1) is 13.8. The Hall–Kier alpha value is -1.61. The lowest BCUT2D eigenvalue weighted by Crippen LogP contribution is -2.06. The number of aryl methyl sites for hydroxylation is 2. The normalized spacial score (nSPS) is 10.5. The van der Waals surface area contributed by atoms with Crippen LogP contribution in [-0.2, 0) is 0 Å². The predicted octanol–water partition coefficient (Wildman–Crippen LogP) is 4.40. The van der Waals surface area contributed by atoms with Crippen molar-refractivity contribution < 1.29 is 9.18 Å². The molecule has 0 unspecified atom stereocenters. The second-order valence-corrected chi connectivity index (χ2v) is 5.35. The fourth-order valence-corrected chi connectivity index (χ4v) is 2.56. The molecule has 0 spiro atoms. The molecule has 0 amide bonds. The number of ketones is 1. The Labute approximate surface area is 116 Å². The van der Waals surface area contributed by atoms with Gasteiger partial charge in [0.25, 0.3) is 0 Å². The standard InChI is InChI=1S/C16H15FOS/c1-10-8-13(17)9-11(2)15(10)16(18)12-4-6-14(19-3)7-5-12/h4-9H,1-3H3. The molecule has 19 heavy (non-hydrogen) atoms. The van der Waals surface area contributed by atoms with Crippen molar-refractivity contribution in [2.45, 2.75) is 18.7 Å². The summed E-state index contributed by atoms with van der Waals surface area (Å²) in [7, 11) is 0. The topological polar surface area (TPSA) is 17.1 Å². The summed E-state index contributed by atoms with van der Waals surface area (Å²) in [5.74, 6) is -0.355. The lowest BCUT2D eigenvalue weighted by atomic mass is 9.95. The van der Waals surface area contributed by atoms with Crippen LogP contribution in [0, 0.1) is 19.7 Å². The summed E-state index contributed by atoms with van der Waals surface area (Å²) in [5, 5.41) is 0. The number of thioether (sulfide) groups is 1. The fourth-order valence-electron chi connectivity index (χ4n) is 2.16. The molecule has 0 heterocycles. The largest absolute Gasteiger partial charge is 0.289 e. The highest BCUT2D eigenvalue weighted by Crippen LogP contribution is 2.21. The van der Waals surface area contributed by atoms with Gasteiger partial charge in [-0.05, 0) is 67.6 Å². The van der Waals surface area contributed by atoms with Crippen molar-refractivity contribution in [1.29, 1.82) is 0 Å². The average molecular weight is 274 g/mol. The lowest BCUT2D eigenvalue weighted by Gasteiger charge is -2.09. The zero-order chi connectivity index (χ0) is 14.0. The number of carbonyl (C=O) groups is 1. The minimum absolute atomic E-state index is 0.0531. The van der Waals surface area contributed by atoms with E-state index in [0.29, 0.717) is 22.3 Å². The van der Waals surface area contributed by atoms with Crippen LogP contribution in [-0.4, -0.2) is 12.0 Å². The number of carbonyl (C=O) groups excluding carboxylic acids is 1. The molecule has 0 N–H and O–H groups in total. The van der Waals surface area contributed by atoms with E-state index in [4.69, 9.17) is 0 Å². The van der Waals surface area contributed by atoms with E-state index in [1.165, 1.54) is 12.1 Å². The smallest absolute Gasteiger partial charge is 0.193 e. The van der Waals surface area contributed by atoms with E-state index in [1.807, 2.05) is 30.5 Å². The maximum atomic E-state index is 13.3. The molecule has 0 fully saturated rings. The van der Waals surface area contributed by atoms with Gasteiger partial charge in [0.15, 0.2) is 5.78 Å². The minimum atomic E-state index is -0.302. The molecule has 2 aromatic rings. The first-order valence-electron chi connectivity index (χ1n) is 5.98. The van der Waals surface area contributed by atoms with Crippen LogP contribution in [0.5, 0.6) is 0 Å². The second-order valence-electron chi connectivity index (χ2n) is 4.47. The van der Waals surface area contributed by atoms with Crippen LogP contribution in [0.4, 0.5) is 4.39 Å². The molecular formula is C16H15FOS. The van der Waals surface area contributed by atoms with E-state index < -0.39 is 0 Å². The summed E-state index contributed by atoms with van der Waals surface area (Å²) in [5.41, 5.74) is 2.58. The van der Waals surface area contributed by atoms with E-state index in [-0.39, 0.29) is 11.6 Å². The molecule has 0 aliphatic heterocycles. The zero-order valence-electron chi connectivity index (χ0n) is 11.2. The van der Waals surface area contributed by atoms with Crippen molar-refractivity contribution in [3.05, 3.63) is 64.5 Å². The molecule has 0 radical (unpaired) electrons. The van der Waals surface area contributed by atoms with Gasteiger partial charge in [-0.15, -0.1) is 11.8 Å². The van der Waals surface area contributed by atoms with Crippen molar-refractivity contribution in [3.63, 3.8) is 0 Å². The minimum Gasteiger partial charge on any atom is -0.289 e. The summed E-state index contributed by atoms with van der Waals surface area (Å²) in [6.45, 7) is 3.53. The zero-order valence-corrected chi connectivity index (χ0v) is 12.0. The quantitative estimate of drug-likeness (QED) is 0.609. The van der Waals surface area contributed by atoms with Crippen LogP contribution >= 0.6 is 11.8 Å². The van der Waals surface area contributed by atoms with Gasteiger partial charge in [-0.1, -0.05) is 0 Å². The molecule has 0 aliphatic carbocycles. The van der Waals surface area contributed by atoms with Crippen LogP contribution in [0.1, 0.15) is 27.0 Å². The van der Waals surface area contributed by atoms with Gasteiger partial charge < -0.3 is 0 Å². The van der Waals surface area contributed by atoms with Crippen molar-refractivity contribution in [2.24, 2.45) is 0 Å². The third-order valence-electron chi connectivity index (χ3n) is 3.08. The highest BCUT2D eigenvalue weighted by atomic mass is 32.2. The van der Waals surface area contributed by atoms with Crippen molar-refractivity contribution in [2.75, 3.05) is 6.26 Å². The molecule has 2 rings (SSSR count). The molecule has 2 aromatic carbocycles. The van der Waals surface area contributed by atoms with E-state index in [1.54, 1.807) is 25.6 Å². The number of halogens is 1. The van der Waals surface area contributed by atoms with Crippen LogP contribution in [0.3, 0.4) is 0 Å². The molecule has 0 bridgehead atoms. The van der Waals surface area contributed by atoms with E-state index in [9.17, 15) is 9.18 Å². The predicted molar refractivity (Wildman–Crippen MR) is 77.5 cm³/mol. The van der Waals surface area contributed by atoms with Crippen molar-refractivity contribution in [1.82, 2.24) is 0 Å². The molecule has 0 atom stereocenters. The molecule has 0 saturated carbocycles. The summed E-state index contributed by atoms with van der Waals surface area (Å²) in [6.07, 6.45) is 1.99. The first-order chi connectivity index (χ1) is 9.02. The third-order valence-corrected chi connectivity index (χ3v) is 3.82. The number of hydrogen-bond donors (Lipinski definition) is 0. The Bertz CT molecular complexity index is 594. The van der Waals surface area contributed by atoms with Gasteiger partial charge in [0.05, 0.1) is 0 Å². The van der Waals surface area contributed by atoms with Gasteiger partial charge in [-0.3, -0.25) is 4.79 Å². The first-order valence-corrected chi connectivity index (χ1v) is 7.21. The number of rotatable bonds is 3. The van der Waals surface area contributed by atoms with Crippen LogP contribution < -0.4 is 0 Å². The van der Waals surface area contributed by atoms with Gasteiger partial charge in [0.1, 0.15) is 5.82 Å². The van der Waals surface area contributed by atoms with E-state index in [2.05, 4.69) is 0 Å². The molecule has 1 nitrogen and oxygen atoms in total. The SMILES string of the molecule is CSc1ccc(C(=O)c2c(C)cc(F)cc2C)cc1. The number of hydrogen-bond acceptors (Lipinski definition) is 2. The average Bonchev–Trinajstić information content (AvgIpc) is 2.37. The monoisotopic (exact) mass is 274 g/mol. The maximum Gasteiger partial charge on any atom is 0.193 e. The lowest BCUT2D eigenvalue weighted by molar-refractivity contribution is 0.103. The van der Waals surface area contributed by atoms with Crippen LogP contribution in [0.25, 0.3) is 0 Å². The summed E-state index contributed by atoms with van der Waals surface area (Å²) in [6, 6.07) is 10.3. The van der Waals surface area contributed by atoms with Crippen molar-refractivity contribution >= 4 is 17.5 Å². The molecule has 0 aromatic heterocycles. The summed E-state index contributed by atoms with van der Waals surface area (Å²) < 4.78 is 13.3. The highest BCUT2D eigenvalue weighted by Gasteiger charge is 2.15. The van der Waals surface area contributed by atoms with Crippen molar-refractivity contribution in [3.8, 4) is 0 Å². The fraction of sp³-hybridized carbons (Fsp3) is 0.188. The molecule has 98 valence electrons. The molecular weight excluding hydrogens is 259 g/mol. The second kappa shape index (κ2) is 5.57. The van der Waals surface area contributed by atoms with Crippen LogP contribution in [0.2, 0.25) is 0 Å². The Kier molecular flexibility index (Phi) is 4.05. The Morgan fingerprint density at radius 2 is 1.58 bits per heavy atom. The highest BCUT2D eigenvalue weighted by molar-refractivity contribution is 7.98. The van der Waals surface area contributed by atoms with E-state index in [0.717, 1.165) is 4.90 Å². The van der Waals surface area contributed by atoms with Gasteiger partial charge in [-0.2, -0.15) is 0 Å². The maximum absolute atomic E-state index is 13.3.